The van der Waals surface area contributed by atoms with Gasteiger partial charge in [0, 0.05) is 0 Å². The van der Waals surface area contributed by atoms with Crippen LogP contribution in [-0.2, 0) is 9.53 Å². The summed E-state index contributed by atoms with van der Waals surface area (Å²) in [5.74, 6) is -13.9. The molecule has 0 aliphatic carbocycles. The van der Waals surface area contributed by atoms with Crippen LogP contribution in [0.15, 0.2) is 0 Å². The molecule has 2 nitrogen and oxygen atoms in total. The fourth-order valence-corrected chi connectivity index (χ4v) is 1.04. The van der Waals surface area contributed by atoms with Crippen LogP contribution in [0.1, 0.15) is 0 Å². The van der Waals surface area contributed by atoms with Gasteiger partial charge in [0.25, 0.3) is 0 Å². The van der Waals surface area contributed by atoms with Crippen molar-refractivity contribution in [1.29, 1.82) is 0 Å². The molecule has 0 rings (SSSR count). The Balaban J connectivity index is 6.04. The summed E-state index contributed by atoms with van der Waals surface area (Å²) in [6, 6.07) is -4.41. The van der Waals surface area contributed by atoms with E-state index in [0.717, 1.165) is 0 Å². The summed E-state index contributed by atoms with van der Waals surface area (Å²) >= 11 is 7.44. The Labute approximate surface area is 127 Å². The molecule has 0 aromatic carbocycles. The van der Waals surface area contributed by atoms with Crippen molar-refractivity contribution < 1.29 is 62.2 Å². The molecule has 0 saturated carbocycles. The minimum absolute atomic E-state index is 1.68. The second-order valence-corrected chi connectivity index (χ2v) is 4.63. The van der Waals surface area contributed by atoms with Crippen LogP contribution < -0.4 is 0 Å². The Kier molecular flexibility index (Phi) is 5.56. The molecule has 0 saturated heterocycles. The molecule has 0 N–H and O–H groups in total. The van der Waals surface area contributed by atoms with E-state index >= 15 is 0 Å². The average Bonchev–Trinajstić information content (AvgIpc) is 2.24. The first-order valence-electron chi connectivity index (χ1n) is 4.51. The highest BCUT2D eigenvalue weighted by atomic mass is 35.5. The van der Waals surface area contributed by atoms with Crippen molar-refractivity contribution in [3.63, 3.8) is 0 Å². The van der Waals surface area contributed by atoms with Gasteiger partial charge in [0.1, 0.15) is 0 Å². The van der Waals surface area contributed by atoms with E-state index in [2.05, 4.69) is 23.2 Å². The summed E-state index contributed by atoms with van der Waals surface area (Å²) in [5.41, 5.74) is 0. The van der Waals surface area contributed by atoms with Crippen molar-refractivity contribution in [2.24, 2.45) is 0 Å². The molecule has 0 amide bonds. The number of carbonyl (C=O) groups excluding carboxylic acids is 1. The van der Waals surface area contributed by atoms with Crippen molar-refractivity contribution in [1.82, 2.24) is 0 Å². The Bertz CT molecular complexity index is 469. The minimum atomic E-state index is -7.20. The van der Waals surface area contributed by atoms with Gasteiger partial charge in [0.2, 0.25) is 0 Å². The summed E-state index contributed by atoms with van der Waals surface area (Å²) in [7, 11) is 0. The third-order valence-corrected chi connectivity index (χ3v) is 2.83. The van der Waals surface area contributed by atoms with E-state index in [1.54, 1.807) is 4.74 Å². The van der Waals surface area contributed by atoms with E-state index < -0.39 is 40.6 Å². The van der Waals surface area contributed by atoms with Gasteiger partial charge in [-0.1, -0.05) is 11.6 Å². The monoisotopic (exact) mass is 414 g/mol. The molecule has 23 heavy (non-hydrogen) atoms. The highest BCUT2D eigenvalue weighted by molar-refractivity contribution is 6.33. The first kappa shape index (κ1) is 22.4. The normalized spacial score (nSPS) is 19.9. The number of hydrogen-bond donors (Lipinski definition) is 0. The quantitative estimate of drug-likeness (QED) is 0.358. The zero-order valence-corrected chi connectivity index (χ0v) is 11.1. The average molecular weight is 415 g/mol. The number of hydrogen-bond acceptors (Lipinski definition) is 2. The third-order valence-electron chi connectivity index (χ3n) is 2.00. The van der Waals surface area contributed by atoms with Gasteiger partial charge >= 0.3 is 40.6 Å². The minimum Gasteiger partial charge on any atom is -0.261 e. The number of rotatable bonds is 6. The lowest BCUT2D eigenvalue weighted by molar-refractivity contribution is -0.451. The first-order valence-corrected chi connectivity index (χ1v) is 5.26. The first-order chi connectivity index (χ1) is 9.65. The molecule has 2 unspecified atom stereocenters. The van der Waals surface area contributed by atoms with Crippen molar-refractivity contribution in [2.75, 3.05) is 0 Å². The molecule has 138 valence electrons. The van der Waals surface area contributed by atoms with Crippen molar-refractivity contribution in [3.05, 3.63) is 0 Å². The van der Waals surface area contributed by atoms with E-state index in [0.29, 0.717) is 0 Å². The van der Waals surface area contributed by atoms with Crippen LogP contribution in [0, 0.1) is 0 Å². The Morgan fingerprint density at radius 3 is 1.35 bits per heavy atom. The molecule has 0 aromatic heterocycles. The molecule has 16 heteroatoms. The second kappa shape index (κ2) is 5.72. The van der Waals surface area contributed by atoms with Gasteiger partial charge in [-0.25, -0.2) is 4.39 Å². The van der Waals surface area contributed by atoms with Crippen molar-refractivity contribution in [3.8, 4) is 0 Å². The SMILES string of the molecule is O=C(F)C(F)(OC(F)(F)C(F)(F)C(F)(Cl)C(F)(F)Cl)C(F)(F)F. The molecule has 0 bridgehead atoms. The Hall–Kier alpha value is -0.630. The predicted molar refractivity (Wildman–Crippen MR) is 47.5 cm³/mol. The lowest BCUT2D eigenvalue weighted by Gasteiger charge is -2.37. The molecule has 0 fully saturated rings. The maximum Gasteiger partial charge on any atom is 0.459 e. The lowest BCUT2D eigenvalue weighted by Crippen LogP contribution is -2.64. The molecular formula is C7Cl2F12O2. The molecule has 0 aromatic rings. The van der Waals surface area contributed by atoms with Crippen LogP contribution in [0.25, 0.3) is 0 Å². The number of alkyl halides is 13. The molecule has 0 radical (unpaired) electrons. The molecule has 0 spiro atoms. The zero-order chi connectivity index (χ0) is 19.3. The van der Waals surface area contributed by atoms with E-state index in [4.69, 9.17) is 0 Å². The fourth-order valence-electron chi connectivity index (χ4n) is 0.811. The topological polar surface area (TPSA) is 26.3 Å². The van der Waals surface area contributed by atoms with Crippen molar-refractivity contribution in [2.45, 2.75) is 34.6 Å². The van der Waals surface area contributed by atoms with Gasteiger partial charge in [-0.05, 0) is 11.6 Å². The predicted octanol–water partition coefficient (Wildman–Crippen LogP) is 4.69. The zero-order valence-electron chi connectivity index (χ0n) is 9.61. The van der Waals surface area contributed by atoms with Crippen LogP contribution >= 0.6 is 23.2 Å². The van der Waals surface area contributed by atoms with Gasteiger partial charge < -0.3 is 0 Å². The van der Waals surface area contributed by atoms with Gasteiger partial charge in [-0.2, -0.15) is 48.3 Å². The summed E-state index contributed by atoms with van der Waals surface area (Å²) in [6.07, 6.45) is -14.2. The number of halogens is 14. The van der Waals surface area contributed by atoms with E-state index in [-0.39, 0.29) is 0 Å². The maximum absolute atomic E-state index is 12.9. The Morgan fingerprint density at radius 2 is 1.13 bits per heavy atom. The largest absolute Gasteiger partial charge is 0.459 e. The summed E-state index contributed by atoms with van der Waals surface area (Å²) < 4.78 is 152. The summed E-state index contributed by atoms with van der Waals surface area (Å²) in [6.45, 7) is 0. The fraction of sp³-hybridized carbons (Fsp3) is 0.857. The third kappa shape index (κ3) is 3.57. The highest BCUT2D eigenvalue weighted by Gasteiger charge is 2.83. The lowest BCUT2D eigenvalue weighted by atomic mass is 10.1. The van der Waals surface area contributed by atoms with Gasteiger partial charge in [0.05, 0.1) is 0 Å². The standard InChI is InChI=1S/C7Cl2F12O2/c8-3(12,5(9,15)16)4(13,14)7(20,21)23-2(11,1(10)22)6(17,18)19. The van der Waals surface area contributed by atoms with Crippen LogP contribution in [-0.4, -0.2) is 40.6 Å². The van der Waals surface area contributed by atoms with Crippen molar-refractivity contribution >= 4 is 29.2 Å². The molecule has 2 atom stereocenters. The van der Waals surface area contributed by atoms with Gasteiger partial charge in [-0.15, -0.1) is 0 Å². The Morgan fingerprint density at radius 1 is 0.783 bits per heavy atom. The molecule has 0 aliphatic heterocycles. The maximum atomic E-state index is 12.9. The van der Waals surface area contributed by atoms with Gasteiger partial charge in [-0.3, -0.25) is 9.53 Å². The highest BCUT2D eigenvalue weighted by Crippen LogP contribution is 2.57. The smallest absolute Gasteiger partial charge is 0.261 e. The van der Waals surface area contributed by atoms with Crippen LogP contribution in [0.4, 0.5) is 52.7 Å². The van der Waals surface area contributed by atoms with Crippen LogP contribution in [0.5, 0.6) is 0 Å². The van der Waals surface area contributed by atoms with Crippen LogP contribution in [0.3, 0.4) is 0 Å². The van der Waals surface area contributed by atoms with E-state index in [9.17, 15) is 57.5 Å². The van der Waals surface area contributed by atoms with E-state index in [1.807, 2.05) is 0 Å². The molecule has 0 aliphatic rings. The van der Waals surface area contributed by atoms with Crippen LogP contribution in [0.2, 0.25) is 0 Å². The summed E-state index contributed by atoms with van der Waals surface area (Å²) in [5, 5.41) is -12.4. The molecular weight excluding hydrogens is 415 g/mol. The van der Waals surface area contributed by atoms with E-state index in [1.165, 1.54) is 0 Å². The number of ether oxygens (including phenoxy) is 1. The number of carbonyl (C=O) groups is 1. The summed E-state index contributed by atoms with van der Waals surface area (Å²) in [4.78, 5) is 9.80. The second-order valence-electron chi connectivity index (χ2n) is 3.63. The van der Waals surface area contributed by atoms with Gasteiger partial charge in [0.15, 0.2) is 0 Å². The molecule has 0 heterocycles.